The third-order valence-electron chi connectivity index (χ3n) is 2.77. The summed E-state index contributed by atoms with van der Waals surface area (Å²) in [5.74, 6) is 0. The SMILES string of the molecule is CCC(O)(CCC(O)(CC)[P+](=O)O)[P+](=O)O. The summed E-state index contributed by atoms with van der Waals surface area (Å²) in [6, 6.07) is 0. The van der Waals surface area contributed by atoms with Gasteiger partial charge < -0.3 is 10.2 Å². The maximum atomic E-state index is 10.9. The molecule has 0 aromatic heterocycles. The van der Waals surface area contributed by atoms with Crippen LogP contribution in [0.15, 0.2) is 0 Å². The molecule has 0 radical (unpaired) electrons. The average molecular weight is 272 g/mol. The molecule has 4 atom stereocenters. The summed E-state index contributed by atoms with van der Waals surface area (Å²) < 4.78 is 21.8. The molecule has 4 N–H and O–H groups in total. The van der Waals surface area contributed by atoms with Gasteiger partial charge in [0.2, 0.25) is 0 Å². The Morgan fingerprint density at radius 2 is 1.12 bits per heavy atom. The Morgan fingerprint density at radius 3 is 1.25 bits per heavy atom. The molecule has 4 unspecified atom stereocenters. The molecular formula is C8H18O6P2+2. The molecule has 16 heavy (non-hydrogen) atoms. The van der Waals surface area contributed by atoms with Crippen LogP contribution in [-0.4, -0.2) is 30.7 Å². The van der Waals surface area contributed by atoms with Crippen LogP contribution in [0.3, 0.4) is 0 Å². The van der Waals surface area contributed by atoms with Crippen molar-refractivity contribution in [3.63, 3.8) is 0 Å². The van der Waals surface area contributed by atoms with Crippen LogP contribution in [0.2, 0.25) is 0 Å². The van der Waals surface area contributed by atoms with Crippen LogP contribution in [0.5, 0.6) is 0 Å². The highest BCUT2D eigenvalue weighted by molar-refractivity contribution is 7.40. The smallest absolute Gasteiger partial charge is 0.346 e. The second-order valence-electron chi connectivity index (χ2n) is 3.72. The maximum Gasteiger partial charge on any atom is 0.540 e. The van der Waals surface area contributed by atoms with E-state index in [1.54, 1.807) is 0 Å². The van der Waals surface area contributed by atoms with Gasteiger partial charge in [-0.2, -0.15) is 9.79 Å². The molecule has 0 aromatic rings. The van der Waals surface area contributed by atoms with E-state index in [1.165, 1.54) is 13.8 Å². The standard InChI is InChI=1S/C8H16O6P2/c1-3-7(9,15(11)12)5-6-8(10,4-2)16(13)14/h9-10H,3-6H2,1-2H3/p+2. The molecule has 0 amide bonds. The lowest BCUT2D eigenvalue weighted by Crippen LogP contribution is -2.30. The molecular weight excluding hydrogens is 254 g/mol. The fourth-order valence-electron chi connectivity index (χ4n) is 1.22. The molecule has 0 aliphatic heterocycles. The van der Waals surface area contributed by atoms with Crippen LogP contribution in [0, 0.1) is 0 Å². The molecule has 94 valence electrons. The summed E-state index contributed by atoms with van der Waals surface area (Å²) in [5, 5.41) is 15.8. The van der Waals surface area contributed by atoms with Crippen LogP contribution < -0.4 is 0 Å². The highest BCUT2D eigenvalue weighted by atomic mass is 31.1. The third kappa shape index (κ3) is 3.81. The van der Waals surface area contributed by atoms with Gasteiger partial charge in [-0.05, 0) is 9.13 Å². The van der Waals surface area contributed by atoms with Gasteiger partial charge in [-0.3, -0.25) is 0 Å². The first-order chi connectivity index (χ1) is 7.22. The van der Waals surface area contributed by atoms with Crippen molar-refractivity contribution in [2.45, 2.75) is 50.2 Å². The fraction of sp³-hybridized carbons (Fsp3) is 1.00. The molecule has 0 saturated heterocycles. The van der Waals surface area contributed by atoms with Crippen LogP contribution in [-0.2, 0) is 9.13 Å². The zero-order valence-electron chi connectivity index (χ0n) is 9.33. The summed E-state index contributed by atoms with van der Waals surface area (Å²) in [6.07, 6.45) is -0.302. The molecule has 0 aliphatic carbocycles. The van der Waals surface area contributed by atoms with E-state index in [0.717, 1.165) is 0 Å². The Balaban J connectivity index is 4.64. The van der Waals surface area contributed by atoms with Gasteiger partial charge in [-0.1, -0.05) is 13.8 Å². The molecule has 8 heteroatoms. The predicted molar refractivity (Wildman–Crippen MR) is 59.4 cm³/mol. The molecule has 0 fully saturated rings. The summed E-state index contributed by atoms with van der Waals surface area (Å²) in [7, 11) is -5.61. The summed E-state index contributed by atoms with van der Waals surface area (Å²) in [5.41, 5.74) is 0. The van der Waals surface area contributed by atoms with E-state index >= 15 is 0 Å². The summed E-state index contributed by atoms with van der Waals surface area (Å²) in [6.45, 7) is 3.07. The zero-order chi connectivity index (χ0) is 13.0. The molecule has 0 bridgehead atoms. The van der Waals surface area contributed by atoms with Crippen molar-refractivity contribution in [2.75, 3.05) is 0 Å². The van der Waals surface area contributed by atoms with Crippen molar-refractivity contribution in [3.8, 4) is 0 Å². The maximum absolute atomic E-state index is 10.9. The minimum Gasteiger partial charge on any atom is -0.346 e. The van der Waals surface area contributed by atoms with Gasteiger partial charge in [-0.15, -0.1) is 0 Å². The molecule has 0 aromatic carbocycles. The lowest BCUT2D eigenvalue weighted by atomic mass is 10.1. The largest absolute Gasteiger partial charge is 0.540 e. The van der Waals surface area contributed by atoms with E-state index in [1.807, 2.05) is 0 Å². The van der Waals surface area contributed by atoms with Crippen molar-refractivity contribution in [1.82, 2.24) is 0 Å². The molecule has 0 saturated carbocycles. The third-order valence-corrected chi connectivity index (χ3v) is 5.27. The van der Waals surface area contributed by atoms with E-state index in [0.29, 0.717) is 0 Å². The molecule has 0 spiro atoms. The number of hydrogen-bond donors (Lipinski definition) is 4. The van der Waals surface area contributed by atoms with E-state index in [-0.39, 0.29) is 25.7 Å². The van der Waals surface area contributed by atoms with Gasteiger partial charge in [0.05, 0.1) is 0 Å². The quantitative estimate of drug-likeness (QED) is 0.521. The zero-order valence-corrected chi connectivity index (χ0v) is 11.1. The second kappa shape index (κ2) is 6.10. The summed E-state index contributed by atoms with van der Waals surface area (Å²) >= 11 is 0. The normalized spacial score (nSPS) is 20.9. The van der Waals surface area contributed by atoms with Gasteiger partial charge in [0.1, 0.15) is 0 Å². The monoisotopic (exact) mass is 272 g/mol. The Hall–Kier alpha value is 0.0400. The first-order valence-electron chi connectivity index (χ1n) is 4.99. The Morgan fingerprint density at radius 1 is 0.875 bits per heavy atom. The van der Waals surface area contributed by atoms with E-state index in [2.05, 4.69) is 0 Å². The Kier molecular flexibility index (Phi) is 6.12. The van der Waals surface area contributed by atoms with E-state index in [4.69, 9.17) is 9.79 Å². The highest BCUT2D eigenvalue weighted by Gasteiger charge is 2.52. The fourth-order valence-corrected chi connectivity index (χ4v) is 2.36. The average Bonchev–Trinajstić information content (AvgIpc) is 2.24. The summed E-state index contributed by atoms with van der Waals surface area (Å²) in [4.78, 5) is 17.8. The van der Waals surface area contributed by atoms with Crippen LogP contribution in [0.4, 0.5) is 0 Å². The molecule has 0 rings (SSSR count). The number of rotatable bonds is 7. The van der Waals surface area contributed by atoms with Crippen molar-refractivity contribution in [2.24, 2.45) is 0 Å². The molecule has 0 aliphatic rings. The van der Waals surface area contributed by atoms with Crippen LogP contribution >= 0.6 is 16.1 Å². The first kappa shape index (κ1) is 16.0. The van der Waals surface area contributed by atoms with Crippen LogP contribution in [0.25, 0.3) is 0 Å². The van der Waals surface area contributed by atoms with E-state index < -0.39 is 26.7 Å². The number of hydrogen-bond acceptors (Lipinski definition) is 4. The van der Waals surface area contributed by atoms with Gasteiger partial charge >= 0.3 is 16.1 Å². The van der Waals surface area contributed by atoms with Gasteiger partial charge in [0.25, 0.3) is 10.7 Å². The lowest BCUT2D eigenvalue weighted by molar-refractivity contribution is 0.0515. The predicted octanol–water partition coefficient (Wildman–Crippen LogP) is 1.43. The lowest BCUT2D eigenvalue weighted by Gasteiger charge is -2.17. The second-order valence-corrected chi connectivity index (χ2v) is 6.47. The minimum atomic E-state index is -2.81. The van der Waals surface area contributed by atoms with Gasteiger partial charge in [0, 0.05) is 25.7 Å². The minimum absolute atomic E-state index is 0.0424. The highest BCUT2D eigenvalue weighted by Crippen LogP contribution is 2.45. The topological polar surface area (TPSA) is 115 Å². The number of aliphatic hydroxyl groups is 2. The molecule has 0 heterocycles. The Bertz CT molecular complexity index is 256. The van der Waals surface area contributed by atoms with Crippen molar-refractivity contribution >= 4 is 16.1 Å². The Labute approximate surface area is 96.1 Å². The first-order valence-corrected chi connectivity index (χ1v) is 7.41. The van der Waals surface area contributed by atoms with Crippen molar-refractivity contribution in [3.05, 3.63) is 0 Å². The van der Waals surface area contributed by atoms with Crippen molar-refractivity contribution < 1.29 is 29.1 Å². The van der Waals surface area contributed by atoms with Crippen molar-refractivity contribution in [1.29, 1.82) is 0 Å². The molecule has 6 nitrogen and oxygen atoms in total. The van der Waals surface area contributed by atoms with E-state index in [9.17, 15) is 19.3 Å². The van der Waals surface area contributed by atoms with Gasteiger partial charge in [-0.25, -0.2) is 0 Å². The van der Waals surface area contributed by atoms with Crippen LogP contribution in [0.1, 0.15) is 39.5 Å². The van der Waals surface area contributed by atoms with Gasteiger partial charge in [0.15, 0.2) is 0 Å².